The minimum atomic E-state index is -0.265. The Bertz CT molecular complexity index is 1240. The van der Waals surface area contributed by atoms with Gasteiger partial charge in [0.1, 0.15) is 0 Å². The van der Waals surface area contributed by atoms with Crippen LogP contribution in [0.25, 0.3) is 0 Å². The second kappa shape index (κ2) is 13.9. The van der Waals surface area contributed by atoms with Crippen molar-refractivity contribution >= 4 is 11.7 Å². The van der Waals surface area contributed by atoms with Crippen molar-refractivity contribution in [2.45, 2.75) is 64.5 Å². The maximum Gasteiger partial charge on any atom is 0.340 e. The number of fused-ring (bicyclic) bond motifs is 1. The molecular weight excluding hydrogens is 498 g/mol. The fourth-order valence-electron chi connectivity index (χ4n) is 6.27. The third-order valence-electron chi connectivity index (χ3n) is 8.27. The molecule has 3 heterocycles. The first-order valence-corrected chi connectivity index (χ1v) is 15.0. The summed E-state index contributed by atoms with van der Waals surface area (Å²) in [5, 5.41) is 0. The Labute approximate surface area is 239 Å². The van der Waals surface area contributed by atoms with E-state index in [9.17, 15) is 4.79 Å². The van der Waals surface area contributed by atoms with Crippen molar-refractivity contribution in [2.24, 2.45) is 0 Å². The van der Waals surface area contributed by atoms with Crippen LogP contribution in [0.5, 0.6) is 0 Å². The number of hydrogen-bond donors (Lipinski definition) is 0. The molecule has 40 heavy (non-hydrogen) atoms. The van der Waals surface area contributed by atoms with Gasteiger partial charge in [-0.3, -0.25) is 9.88 Å². The predicted octanol–water partition coefficient (Wildman–Crippen LogP) is 6.37. The Hall–Kier alpha value is -3.22. The normalized spacial score (nSPS) is 16.1. The molecule has 5 rings (SSSR count). The highest BCUT2D eigenvalue weighted by molar-refractivity contribution is 5.95. The Kier molecular flexibility index (Phi) is 9.85. The van der Waals surface area contributed by atoms with Gasteiger partial charge in [-0.1, -0.05) is 93.3 Å². The summed E-state index contributed by atoms with van der Waals surface area (Å²) < 4.78 is 11.2. The number of hydrogen-bond acceptors (Lipinski definition) is 6. The lowest BCUT2D eigenvalue weighted by atomic mass is 9.92. The third-order valence-corrected chi connectivity index (χ3v) is 8.27. The Morgan fingerprint density at radius 3 is 2.33 bits per heavy atom. The predicted molar refractivity (Wildman–Crippen MR) is 160 cm³/mol. The highest BCUT2D eigenvalue weighted by Crippen LogP contribution is 2.41. The number of morpholine rings is 1. The first-order chi connectivity index (χ1) is 19.7. The molecule has 1 fully saturated rings. The summed E-state index contributed by atoms with van der Waals surface area (Å²) in [5.74, 6) is -0.265. The van der Waals surface area contributed by atoms with E-state index in [4.69, 9.17) is 14.5 Å². The highest BCUT2D eigenvalue weighted by atomic mass is 16.5. The quantitative estimate of drug-likeness (QED) is 0.196. The molecule has 3 aromatic rings. The summed E-state index contributed by atoms with van der Waals surface area (Å²) in [6, 6.07) is 21.2. The molecular formula is C34H43N3O3. The number of esters is 1. The van der Waals surface area contributed by atoms with Crippen molar-refractivity contribution in [2.75, 3.05) is 44.9 Å². The van der Waals surface area contributed by atoms with Crippen molar-refractivity contribution < 1.29 is 14.3 Å². The molecule has 0 spiro atoms. The molecule has 212 valence electrons. The summed E-state index contributed by atoms with van der Waals surface area (Å²) in [5.41, 5.74) is 7.35. The lowest BCUT2D eigenvalue weighted by molar-refractivity contribution is 0.0123. The third kappa shape index (κ3) is 6.56. The van der Waals surface area contributed by atoms with Crippen molar-refractivity contribution in [1.29, 1.82) is 0 Å². The number of anilines is 1. The lowest BCUT2D eigenvalue weighted by Crippen LogP contribution is -2.40. The lowest BCUT2D eigenvalue weighted by Gasteiger charge is -2.36. The van der Waals surface area contributed by atoms with Crippen LogP contribution in [0.4, 0.5) is 5.69 Å². The number of ether oxygens (including phenoxy) is 2. The largest absolute Gasteiger partial charge is 0.465 e. The zero-order chi connectivity index (χ0) is 27.7. The van der Waals surface area contributed by atoms with Gasteiger partial charge in [-0.15, -0.1) is 0 Å². The molecule has 0 aliphatic carbocycles. The van der Waals surface area contributed by atoms with Crippen LogP contribution in [0.15, 0.2) is 60.7 Å². The van der Waals surface area contributed by atoms with Gasteiger partial charge in [0.05, 0.1) is 49.0 Å². The van der Waals surface area contributed by atoms with Crippen LogP contribution in [0.1, 0.15) is 83.5 Å². The van der Waals surface area contributed by atoms with Crippen LogP contribution in [-0.2, 0) is 28.9 Å². The Morgan fingerprint density at radius 2 is 1.65 bits per heavy atom. The molecule has 2 aromatic carbocycles. The molecule has 6 nitrogen and oxygen atoms in total. The van der Waals surface area contributed by atoms with E-state index in [1.807, 2.05) is 0 Å². The Balaban J connectivity index is 1.62. The van der Waals surface area contributed by atoms with E-state index in [0.717, 1.165) is 74.5 Å². The summed E-state index contributed by atoms with van der Waals surface area (Å²) in [6.07, 6.45) is 7.26. The Morgan fingerprint density at radius 1 is 0.950 bits per heavy atom. The van der Waals surface area contributed by atoms with Crippen LogP contribution >= 0.6 is 0 Å². The monoisotopic (exact) mass is 541 g/mol. The average molecular weight is 542 g/mol. The minimum absolute atomic E-state index is 0.0675. The molecule has 0 saturated carbocycles. The topological polar surface area (TPSA) is 54.9 Å². The highest BCUT2D eigenvalue weighted by Gasteiger charge is 2.36. The molecule has 1 saturated heterocycles. The van der Waals surface area contributed by atoms with Crippen molar-refractivity contribution in [3.63, 3.8) is 0 Å². The minimum Gasteiger partial charge on any atom is -0.465 e. The number of aromatic nitrogens is 1. The van der Waals surface area contributed by atoms with Crippen LogP contribution in [0.2, 0.25) is 0 Å². The zero-order valence-corrected chi connectivity index (χ0v) is 24.1. The molecule has 0 bridgehead atoms. The molecule has 1 atom stereocenters. The summed E-state index contributed by atoms with van der Waals surface area (Å²) in [4.78, 5) is 23.9. The van der Waals surface area contributed by atoms with Crippen LogP contribution < -0.4 is 4.90 Å². The number of nitrogens with zero attached hydrogens (tertiary/aromatic N) is 3. The van der Waals surface area contributed by atoms with Crippen LogP contribution in [-0.4, -0.2) is 55.8 Å². The standard InChI is InChI=1S/C34H43N3O3/c1-3-4-5-12-17-30(36-20-22-40-23-21-36)32-31(34(38)39-2)28-18-19-37(25-27-15-10-7-11-16-27)33(28)29(35-32)24-26-13-8-6-9-14-26/h6-11,13-16,30H,3-5,12,17-25H2,1-2H3. The number of methoxy groups -OCH3 is 1. The smallest absolute Gasteiger partial charge is 0.340 e. The molecule has 2 aliphatic heterocycles. The van der Waals surface area contributed by atoms with Crippen LogP contribution in [0, 0.1) is 0 Å². The van der Waals surface area contributed by atoms with Gasteiger partial charge in [0, 0.05) is 32.6 Å². The fraction of sp³-hybridized carbons (Fsp3) is 0.471. The molecule has 6 heteroatoms. The van der Waals surface area contributed by atoms with Gasteiger partial charge in [-0.05, 0) is 29.5 Å². The van der Waals surface area contributed by atoms with Gasteiger partial charge in [0.2, 0.25) is 0 Å². The SMILES string of the molecule is CCCCCCC(c1nc(Cc2ccccc2)c2c(c1C(=O)OC)CCN2Cc1ccccc1)N1CCOCC1. The summed E-state index contributed by atoms with van der Waals surface area (Å²) in [7, 11) is 1.50. The van der Waals surface area contributed by atoms with E-state index >= 15 is 0 Å². The van der Waals surface area contributed by atoms with E-state index in [1.165, 1.54) is 37.5 Å². The van der Waals surface area contributed by atoms with Gasteiger partial charge in [0.25, 0.3) is 0 Å². The number of rotatable bonds is 12. The first kappa shape index (κ1) is 28.3. The molecule has 1 aromatic heterocycles. The van der Waals surface area contributed by atoms with Gasteiger partial charge < -0.3 is 14.4 Å². The van der Waals surface area contributed by atoms with Gasteiger partial charge in [-0.25, -0.2) is 4.79 Å². The number of carbonyl (C=O) groups is 1. The average Bonchev–Trinajstić information content (AvgIpc) is 3.41. The summed E-state index contributed by atoms with van der Waals surface area (Å²) in [6.45, 7) is 7.03. The van der Waals surface area contributed by atoms with E-state index in [1.54, 1.807) is 0 Å². The number of pyridine rings is 1. The second-order valence-electron chi connectivity index (χ2n) is 11.0. The summed E-state index contributed by atoms with van der Waals surface area (Å²) >= 11 is 0. The number of benzene rings is 2. The van der Waals surface area contributed by atoms with Crippen molar-refractivity contribution in [3.8, 4) is 0 Å². The number of unbranched alkanes of at least 4 members (excludes halogenated alkanes) is 3. The molecule has 0 radical (unpaired) electrons. The zero-order valence-electron chi connectivity index (χ0n) is 24.1. The van der Waals surface area contributed by atoms with E-state index in [-0.39, 0.29) is 12.0 Å². The maximum atomic E-state index is 13.6. The maximum absolute atomic E-state index is 13.6. The van der Waals surface area contributed by atoms with Gasteiger partial charge in [0.15, 0.2) is 0 Å². The van der Waals surface area contributed by atoms with E-state index in [0.29, 0.717) is 18.8 Å². The van der Waals surface area contributed by atoms with E-state index in [2.05, 4.69) is 77.4 Å². The van der Waals surface area contributed by atoms with Crippen LogP contribution in [0.3, 0.4) is 0 Å². The van der Waals surface area contributed by atoms with Gasteiger partial charge >= 0.3 is 5.97 Å². The van der Waals surface area contributed by atoms with Crippen molar-refractivity contribution in [1.82, 2.24) is 9.88 Å². The molecule has 0 amide bonds. The second-order valence-corrected chi connectivity index (χ2v) is 11.0. The molecule has 1 unspecified atom stereocenters. The number of carbonyl (C=O) groups excluding carboxylic acids is 1. The van der Waals surface area contributed by atoms with E-state index < -0.39 is 0 Å². The fourth-order valence-corrected chi connectivity index (χ4v) is 6.27. The molecule has 2 aliphatic rings. The first-order valence-electron chi connectivity index (χ1n) is 15.0. The molecule has 0 N–H and O–H groups in total. The van der Waals surface area contributed by atoms with Gasteiger partial charge in [-0.2, -0.15) is 0 Å². The van der Waals surface area contributed by atoms with Crippen molar-refractivity contribution in [3.05, 3.63) is 94.3 Å².